The molecule has 1 aliphatic rings. The Morgan fingerprint density at radius 1 is 1.22 bits per heavy atom. The zero-order chi connectivity index (χ0) is 22.1. The van der Waals surface area contributed by atoms with Crippen molar-refractivity contribution in [1.29, 1.82) is 0 Å². The summed E-state index contributed by atoms with van der Waals surface area (Å²) in [5, 5.41) is 4.17. The van der Waals surface area contributed by atoms with Gasteiger partial charge in [-0.05, 0) is 37.7 Å². The third-order valence-electron chi connectivity index (χ3n) is 5.96. The molecule has 0 aromatic carbocycles. The van der Waals surface area contributed by atoms with Gasteiger partial charge in [0, 0.05) is 60.1 Å². The lowest BCUT2D eigenvalue weighted by molar-refractivity contribution is -0.00112. The van der Waals surface area contributed by atoms with Crippen molar-refractivity contribution in [2.75, 3.05) is 18.5 Å². The van der Waals surface area contributed by atoms with Crippen LogP contribution in [0.15, 0.2) is 37.1 Å². The largest absolute Gasteiger partial charge is 0.375 e. The van der Waals surface area contributed by atoms with Crippen LogP contribution in [0, 0.1) is 11.7 Å². The van der Waals surface area contributed by atoms with E-state index in [9.17, 15) is 13.2 Å². The summed E-state index contributed by atoms with van der Waals surface area (Å²) in [6, 6.07) is 1.69. The fourth-order valence-corrected chi connectivity index (χ4v) is 4.33. The lowest BCUT2D eigenvalue weighted by Crippen LogP contribution is -2.28. The van der Waals surface area contributed by atoms with Gasteiger partial charge in [-0.25, -0.2) is 23.1 Å². The quantitative estimate of drug-likeness (QED) is 0.433. The second kappa shape index (κ2) is 8.78. The third-order valence-corrected chi connectivity index (χ3v) is 5.96. The summed E-state index contributed by atoms with van der Waals surface area (Å²) in [5.74, 6) is 0.449. The minimum Gasteiger partial charge on any atom is -0.375 e. The smallest absolute Gasteiger partial charge is 0.261 e. The SMILES string of the molecule is Fc1cc(-c2c[nH]c3nc(NC4CCC(COCC(F)F)CC4)ncc23)cn2ccnc12. The molecule has 32 heavy (non-hydrogen) atoms. The average molecular weight is 444 g/mol. The van der Waals surface area contributed by atoms with Crippen LogP contribution in [0.3, 0.4) is 0 Å². The average Bonchev–Trinajstić information content (AvgIpc) is 3.41. The van der Waals surface area contributed by atoms with Gasteiger partial charge >= 0.3 is 0 Å². The first-order chi connectivity index (χ1) is 15.6. The van der Waals surface area contributed by atoms with Crippen molar-refractivity contribution in [3.63, 3.8) is 0 Å². The minimum absolute atomic E-state index is 0.228. The predicted octanol–water partition coefficient (Wildman–Crippen LogP) is 4.66. The van der Waals surface area contributed by atoms with Crippen LogP contribution in [0.1, 0.15) is 25.7 Å². The molecule has 0 aliphatic heterocycles. The molecule has 1 aliphatic carbocycles. The molecule has 10 heteroatoms. The maximum Gasteiger partial charge on any atom is 0.261 e. The van der Waals surface area contributed by atoms with Gasteiger partial charge in [0.1, 0.15) is 12.3 Å². The Balaban J connectivity index is 1.25. The number of H-pyrrole nitrogens is 1. The lowest BCUT2D eigenvalue weighted by atomic mass is 9.86. The number of hydrogen-bond donors (Lipinski definition) is 2. The van der Waals surface area contributed by atoms with Crippen molar-refractivity contribution in [1.82, 2.24) is 24.3 Å². The molecule has 0 unspecified atom stereocenters. The van der Waals surface area contributed by atoms with E-state index >= 15 is 0 Å². The molecule has 0 spiro atoms. The molecule has 0 atom stereocenters. The summed E-state index contributed by atoms with van der Waals surface area (Å²) in [6.45, 7) is -0.108. The summed E-state index contributed by atoms with van der Waals surface area (Å²) in [4.78, 5) is 16.2. The molecule has 1 fully saturated rings. The molecule has 0 radical (unpaired) electrons. The summed E-state index contributed by atoms with van der Waals surface area (Å²) in [6.07, 6.45) is 9.84. The number of ether oxygens (including phenoxy) is 1. The van der Waals surface area contributed by atoms with Gasteiger partial charge in [-0.15, -0.1) is 0 Å². The highest BCUT2D eigenvalue weighted by Crippen LogP contribution is 2.30. The van der Waals surface area contributed by atoms with Crippen molar-refractivity contribution in [2.45, 2.75) is 38.2 Å². The maximum atomic E-state index is 14.4. The number of rotatable bonds is 7. The van der Waals surface area contributed by atoms with Gasteiger partial charge in [0.05, 0.1) is 0 Å². The minimum atomic E-state index is -2.42. The molecule has 0 bridgehead atoms. The van der Waals surface area contributed by atoms with E-state index in [2.05, 4.69) is 25.3 Å². The number of anilines is 1. The van der Waals surface area contributed by atoms with Crippen LogP contribution in [0.5, 0.6) is 0 Å². The fourth-order valence-electron chi connectivity index (χ4n) is 4.33. The molecule has 1 saturated carbocycles. The normalized spacial score (nSPS) is 19.2. The number of aromatic amines is 1. The zero-order valence-electron chi connectivity index (χ0n) is 17.3. The van der Waals surface area contributed by atoms with E-state index in [1.165, 1.54) is 6.07 Å². The molecular formula is C22H23F3N6O. The Hall–Kier alpha value is -3.14. The van der Waals surface area contributed by atoms with Gasteiger partial charge in [-0.1, -0.05) is 0 Å². The molecule has 0 amide bonds. The molecule has 4 aromatic rings. The van der Waals surface area contributed by atoms with Crippen molar-refractivity contribution in [3.8, 4) is 11.1 Å². The molecule has 2 N–H and O–H groups in total. The van der Waals surface area contributed by atoms with E-state index in [-0.39, 0.29) is 11.7 Å². The van der Waals surface area contributed by atoms with E-state index in [1.807, 2.05) is 6.20 Å². The summed E-state index contributed by atoms with van der Waals surface area (Å²) >= 11 is 0. The van der Waals surface area contributed by atoms with Crippen LogP contribution in [-0.4, -0.2) is 50.0 Å². The van der Waals surface area contributed by atoms with E-state index in [0.717, 1.165) is 36.6 Å². The van der Waals surface area contributed by atoms with E-state index in [1.54, 1.807) is 29.2 Å². The van der Waals surface area contributed by atoms with Crippen LogP contribution in [0.2, 0.25) is 0 Å². The summed E-state index contributed by atoms with van der Waals surface area (Å²) in [5.41, 5.74) is 2.46. The van der Waals surface area contributed by atoms with Crippen molar-refractivity contribution in [3.05, 3.63) is 42.9 Å². The first-order valence-corrected chi connectivity index (χ1v) is 10.7. The first-order valence-electron chi connectivity index (χ1n) is 10.7. The Bertz CT molecular complexity index is 1220. The summed E-state index contributed by atoms with van der Waals surface area (Å²) < 4.78 is 45.5. The van der Waals surface area contributed by atoms with Crippen LogP contribution in [-0.2, 0) is 4.74 Å². The van der Waals surface area contributed by atoms with Crippen molar-refractivity contribution >= 4 is 22.6 Å². The maximum absolute atomic E-state index is 14.4. The molecule has 0 saturated heterocycles. The monoisotopic (exact) mass is 444 g/mol. The molecule has 5 rings (SSSR count). The number of alkyl halides is 2. The van der Waals surface area contributed by atoms with Crippen LogP contribution >= 0.6 is 0 Å². The molecule has 168 valence electrons. The molecular weight excluding hydrogens is 421 g/mol. The number of nitrogens with one attached hydrogen (secondary N) is 2. The molecule has 7 nitrogen and oxygen atoms in total. The number of halogens is 3. The Morgan fingerprint density at radius 3 is 2.88 bits per heavy atom. The number of aromatic nitrogens is 5. The number of hydrogen-bond acceptors (Lipinski definition) is 5. The fraction of sp³-hybridized carbons (Fsp3) is 0.409. The highest BCUT2D eigenvalue weighted by Gasteiger charge is 2.22. The summed E-state index contributed by atoms with van der Waals surface area (Å²) in [7, 11) is 0. The Labute approximate surface area is 182 Å². The standard InChI is InChI=1S/C22H23F3N6O/c23-18-7-14(10-31-6-5-26-21(18)31)16-8-27-20-17(16)9-28-22(30-20)29-15-3-1-13(2-4-15)11-32-12-19(24)25/h5-10,13,15,19H,1-4,11-12H2,(H2,27,28,29,30). The van der Waals surface area contributed by atoms with Gasteiger partial charge in [-0.3, -0.25) is 0 Å². The highest BCUT2D eigenvalue weighted by molar-refractivity contribution is 5.93. The first kappa shape index (κ1) is 20.7. The highest BCUT2D eigenvalue weighted by atomic mass is 19.3. The van der Waals surface area contributed by atoms with E-state index in [0.29, 0.717) is 29.7 Å². The van der Waals surface area contributed by atoms with Gasteiger partial charge in [0.15, 0.2) is 11.5 Å². The van der Waals surface area contributed by atoms with Gasteiger partial charge in [0.2, 0.25) is 5.95 Å². The van der Waals surface area contributed by atoms with Crippen LogP contribution < -0.4 is 5.32 Å². The number of fused-ring (bicyclic) bond motifs is 2. The van der Waals surface area contributed by atoms with E-state index in [4.69, 9.17) is 4.74 Å². The lowest BCUT2D eigenvalue weighted by Gasteiger charge is -2.28. The Kier molecular flexibility index (Phi) is 5.69. The topological polar surface area (TPSA) is 80.1 Å². The van der Waals surface area contributed by atoms with Crippen LogP contribution in [0.25, 0.3) is 27.8 Å². The predicted molar refractivity (Wildman–Crippen MR) is 114 cm³/mol. The second-order valence-electron chi connectivity index (χ2n) is 8.18. The number of imidazole rings is 1. The van der Waals surface area contributed by atoms with Crippen molar-refractivity contribution < 1.29 is 17.9 Å². The number of pyridine rings is 1. The Morgan fingerprint density at radius 2 is 2.06 bits per heavy atom. The van der Waals surface area contributed by atoms with Crippen LogP contribution in [0.4, 0.5) is 19.1 Å². The van der Waals surface area contributed by atoms with Gasteiger partial charge < -0.3 is 19.4 Å². The van der Waals surface area contributed by atoms with Gasteiger partial charge in [-0.2, -0.15) is 4.98 Å². The molecule has 4 aromatic heterocycles. The van der Waals surface area contributed by atoms with E-state index < -0.39 is 18.8 Å². The third kappa shape index (κ3) is 4.27. The second-order valence-corrected chi connectivity index (χ2v) is 8.18. The zero-order valence-corrected chi connectivity index (χ0v) is 17.3. The number of nitrogens with zero attached hydrogens (tertiary/aromatic N) is 4. The van der Waals surface area contributed by atoms with Gasteiger partial charge in [0.25, 0.3) is 6.43 Å². The molecule has 4 heterocycles. The van der Waals surface area contributed by atoms with Crippen molar-refractivity contribution in [2.24, 2.45) is 5.92 Å².